The van der Waals surface area contributed by atoms with Crippen molar-refractivity contribution in [2.75, 3.05) is 7.11 Å². The van der Waals surface area contributed by atoms with Crippen LogP contribution in [0.4, 0.5) is 26.3 Å². The first-order valence-electron chi connectivity index (χ1n) is 3.87. The van der Waals surface area contributed by atoms with Gasteiger partial charge in [0, 0.05) is 6.07 Å². The van der Waals surface area contributed by atoms with Gasteiger partial charge in [-0.25, -0.2) is 18.2 Å². The van der Waals surface area contributed by atoms with Crippen LogP contribution in [-0.4, -0.2) is 12.1 Å². The maximum Gasteiger partial charge on any atom is 0.419 e. The molecule has 0 aliphatic heterocycles. The molecule has 0 aromatic carbocycles. The van der Waals surface area contributed by atoms with Crippen LogP contribution in [0.2, 0.25) is 0 Å². The SMILES string of the molecule is COc1cc(C(F)(F)F)c(F)c(C(F)F)n1. The van der Waals surface area contributed by atoms with E-state index in [2.05, 4.69) is 9.72 Å². The summed E-state index contributed by atoms with van der Waals surface area (Å²) in [4.78, 5) is 2.92. The molecule has 0 radical (unpaired) electrons. The molecule has 1 aromatic rings. The first-order valence-corrected chi connectivity index (χ1v) is 3.87. The van der Waals surface area contributed by atoms with Crippen LogP contribution in [0.15, 0.2) is 6.07 Å². The van der Waals surface area contributed by atoms with Gasteiger partial charge in [-0.3, -0.25) is 0 Å². The number of pyridine rings is 1. The highest BCUT2D eigenvalue weighted by atomic mass is 19.4. The van der Waals surface area contributed by atoms with Crippen molar-refractivity contribution in [3.63, 3.8) is 0 Å². The lowest BCUT2D eigenvalue weighted by Gasteiger charge is -2.12. The molecule has 0 unspecified atom stereocenters. The van der Waals surface area contributed by atoms with E-state index in [0.29, 0.717) is 0 Å². The molecular weight excluding hydrogens is 240 g/mol. The Morgan fingerprint density at radius 1 is 1.31 bits per heavy atom. The minimum atomic E-state index is -5.08. The second kappa shape index (κ2) is 4.18. The zero-order valence-corrected chi connectivity index (χ0v) is 7.78. The summed E-state index contributed by atoms with van der Waals surface area (Å²) < 4.78 is 78.4. The van der Waals surface area contributed by atoms with Crippen LogP contribution in [0.5, 0.6) is 5.88 Å². The highest BCUT2D eigenvalue weighted by molar-refractivity contribution is 5.30. The molecule has 0 saturated carbocycles. The summed E-state index contributed by atoms with van der Waals surface area (Å²) in [7, 11) is 0.940. The molecular formula is C8H5F6NO. The molecule has 0 aliphatic carbocycles. The first kappa shape index (κ1) is 12.6. The summed E-state index contributed by atoms with van der Waals surface area (Å²) in [6, 6.07) is 0.223. The number of hydrogen-bond acceptors (Lipinski definition) is 2. The highest BCUT2D eigenvalue weighted by Gasteiger charge is 2.37. The van der Waals surface area contributed by atoms with E-state index in [1.54, 1.807) is 0 Å². The van der Waals surface area contributed by atoms with Gasteiger partial charge in [0.25, 0.3) is 6.43 Å². The largest absolute Gasteiger partial charge is 0.481 e. The molecule has 0 amide bonds. The Bertz CT molecular complexity index is 389. The van der Waals surface area contributed by atoms with Crippen LogP contribution >= 0.6 is 0 Å². The van der Waals surface area contributed by atoms with Crippen molar-refractivity contribution in [1.29, 1.82) is 0 Å². The molecule has 0 bridgehead atoms. The van der Waals surface area contributed by atoms with E-state index in [-0.39, 0.29) is 6.07 Å². The number of hydrogen-bond donors (Lipinski definition) is 0. The van der Waals surface area contributed by atoms with Gasteiger partial charge in [0.1, 0.15) is 5.69 Å². The van der Waals surface area contributed by atoms with Gasteiger partial charge in [0.05, 0.1) is 12.7 Å². The maximum absolute atomic E-state index is 13.0. The molecule has 8 heteroatoms. The summed E-state index contributed by atoms with van der Waals surface area (Å²) in [6.45, 7) is 0. The van der Waals surface area contributed by atoms with Gasteiger partial charge in [0.15, 0.2) is 5.82 Å². The zero-order chi connectivity index (χ0) is 12.5. The number of aromatic nitrogens is 1. The predicted octanol–water partition coefficient (Wildman–Crippen LogP) is 3.19. The van der Waals surface area contributed by atoms with Gasteiger partial charge in [-0.1, -0.05) is 0 Å². The van der Waals surface area contributed by atoms with Gasteiger partial charge in [-0.15, -0.1) is 0 Å². The van der Waals surface area contributed by atoms with Crippen molar-refractivity contribution in [3.05, 3.63) is 23.1 Å². The molecule has 0 N–H and O–H groups in total. The van der Waals surface area contributed by atoms with Crippen LogP contribution in [0.25, 0.3) is 0 Å². The maximum atomic E-state index is 13.0. The average Bonchev–Trinajstić information content (AvgIpc) is 2.15. The predicted molar refractivity (Wildman–Crippen MR) is 40.7 cm³/mol. The van der Waals surface area contributed by atoms with Gasteiger partial charge < -0.3 is 4.74 Å². The third-order valence-electron chi connectivity index (χ3n) is 1.68. The molecule has 0 saturated heterocycles. The minimum absolute atomic E-state index is 0.223. The lowest BCUT2D eigenvalue weighted by atomic mass is 10.2. The van der Waals surface area contributed by atoms with E-state index < -0.39 is 35.6 Å². The Labute approximate surface area is 85.9 Å². The lowest BCUT2D eigenvalue weighted by molar-refractivity contribution is -0.140. The fourth-order valence-corrected chi connectivity index (χ4v) is 0.980. The number of methoxy groups -OCH3 is 1. The Morgan fingerprint density at radius 3 is 2.25 bits per heavy atom. The van der Waals surface area contributed by atoms with Crippen LogP contribution in [-0.2, 0) is 6.18 Å². The standard InChI is InChI=1S/C8H5F6NO/c1-16-4-2-3(8(12,13)14)5(9)6(15-4)7(10)11/h2,7H,1H3. The number of ether oxygens (including phenoxy) is 1. The monoisotopic (exact) mass is 245 g/mol. The van der Waals surface area contributed by atoms with Crippen molar-refractivity contribution < 1.29 is 31.1 Å². The summed E-state index contributed by atoms with van der Waals surface area (Å²) >= 11 is 0. The molecule has 0 fully saturated rings. The van der Waals surface area contributed by atoms with E-state index in [9.17, 15) is 26.3 Å². The van der Waals surface area contributed by atoms with Crippen molar-refractivity contribution in [2.24, 2.45) is 0 Å². The Hall–Kier alpha value is -1.47. The molecule has 1 rings (SSSR count). The smallest absolute Gasteiger partial charge is 0.419 e. The van der Waals surface area contributed by atoms with Gasteiger partial charge >= 0.3 is 6.18 Å². The fraction of sp³-hybridized carbons (Fsp3) is 0.375. The van der Waals surface area contributed by atoms with Crippen molar-refractivity contribution >= 4 is 0 Å². The van der Waals surface area contributed by atoms with E-state index in [4.69, 9.17) is 0 Å². The van der Waals surface area contributed by atoms with Crippen molar-refractivity contribution in [1.82, 2.24) is 4.98 Å². The minimum Gasteiger partial charge on any atom is -0.481 e. The van der Waals surface area contributed by atoms with Gasteiger partial charge in [0.2, 0.25) is 5.88 Å². The molecule has 0 spiro atoms. The topological polar surface area (TPSA) is 22.1 Å². The molecule has 2 nitrogen and oxygen atoms in total. The third kappa shape index (κ3) is 2.37. The lowest BCUT2D eigenvalue weighted by Crippen LogP contribution is -2.12. The molecule has 90 valence electrons. The number of halogens is 6. The Morgan fingerprint density at radius 2 is 1.88 bits per heavy atom. The van der Waals surface area contributed by atoms with Crippen molar-refractivity contribution in [3.8, 4) is 5.88 Å². The summed E-state index contributed by atoms with van der Waals surface area (Å²) in [6.07, 6.45) is -8.53. The van der Waals surface area contributed by atoms with Crippen LogP contribution in [0.3, 0.4) is 0 Å². The summed E-state index contributed by atoms with van der Waals surface area (Å²) in [5.74, 6) is -2.80. The van der Waals surface area contributed by atoms with Crippen LogP contribution in [0, 0.1) is 5.82 Å². The molecule has 1 aromatic heterocycles. The number of alkyl halides is 5. The fourth-order valence-electron chi connectivity index (χ4n) is 0.980. The second-order valence-corrected chi connectivity index (χ2v) is 2.71. The highest BCUT2D eigenvalue weighted by Crippen LogP contribution is 2.36. The van der Waals surface area contributed by atoms with Crippen LogP contribution < -0.4 is 4.74 Å². The second-order valence-electron chi connectivity index (χ2n) is 2.71. The summed E-state index contributed by atoms with van der Waals surface area (Å²) in [5, 5.41) is 0. The normalized spacial score (nSPS) is 12.0. The quantitative estimate of drug-likeness (QED) is 0.746. The molecule has 1 heterocycles. The van der Waals surface area contributed by atoms with E-state index in [1.807, 2.05) is 0 Å². The van der Waals surface area contributed by atoms with Gasteiger partial charge in [-0.05, 0) is 0 Å². The molecule has 0 atom stereocenters. The van der Waals surface area contributed by atoms with Crippen molar-refractivity contribution in [2.45, 2.75) is 12.6 Å². The van der Waals surface area contributed by atoms with E-state index >= 15 is 0 Å². The average molecular weight is 245 g/mol. The summed E-state index contributed by atoms with van der Waals surface area (Å²) in [5.41, 5.74) is -3.40. The third-order valence-corrected chi connectivity index (χ3v) is 1.68. The first-order chi connectivity index (χ1) is 7.27. The van der Waals surface area contributed by atoms with E-state index in [1.165, 1.54) is 0 Å². The number of nitrogens with zero attached hydrogens (tertiary/aromatic N) is 1. The van der Waals surface area contributed by atoms with Gasteiger partial charge in [-0.2, -0.15) is 13.2 Å². The van der Waals surface area contributed by atoms with E-state index in [0.717, 1.165) is 7.11 Å². The Kier molecular flexibility index (Phi) is 3.30. The Balaban J connectivity index is 3.44. The van der Waals surface area contributed by atoms with Crippen LogP contribution in [0.1, 0.15) is 17.7 Å². The zero-order valence-electron chi connectivity index (χ0n) is 7.78. The number of rotatable bonds is 2. The molecule has 16 heavy (non-hydrogen) atoms. The molecule has 0 aliphatic rings.